The Labute approximate surface area is 128 Å². The molecule has 5 nitrogen and oxygen atoms in total. The molecule has 1 aliphatic heterocycles. The molecule has 1 saturated heterocycles. The molecule has 2 amide bonds. The van der Waals surface area contributed by atoms with E-state index in [4.69, 9.17) is 0 Å². The summed E-state index contributed by atoms with van der Waals surface area (Å²) in [5.41, 5.74) is 0. The molecule has 1 fully saturated rings. The van der Waals surface area contributed by atoms with E-state index >= 15 is 0 Å². The smallest absolute Gasteiger partial charge is 0.224 e. The van der Waals surface area contributed by atoms with Crippen LogP contribution >= 0.6 is 12.4 Å². The maximum Gasteiger partial charge on any atom is 0.224 e. The highest BCUT2D eigenvalue weighted by molar-refractivity contribution is 5.85. The summed E-state index contributed by atoms with van der Waals surface area (Å²) >= 11 is 0. The van der Waals surface area contributed by atoms with Gasteiger partial charge in [0.2, 0.25) is 11.8 Å². The van der Waals surface area contributed by atoms with Gasteiger partial charge in [-0.1, -0.05) is 0 Å². The number of halogens is 1. The second-order valence-corrected chi connectivity index (χ2v) is 5.00. The van der Waals surface area contributed by atoms with E-state index in [0.29, 0.717) is 13.0 Å². The van der Waals surface area contributed by atoms with Gasteiger partial charge in [-0.25, -0.2) is 0 Å². The van der Waals surface area contributed by atoms with E-state index in [0.717, 1.165) is 45.4 Å². The molecule has 0 aromatic rings. The molecule has 118 valence electrons. The van der Waals surface area contributed by atoms with Crippen LogP contribution in [-0.2, 0) is 9.59 Å². The Hall–Kier alpha value is -0.810. The number of hydrogen-bond acceptors (Lipinski definition) is 3. The predicted molar refractivity (Wildman–Crippen MR) is 83.0 cm³/mol. The van der Waals surface area contributed by atoms with Crippen LogP contribution < -0.4 is 10.6 Å². The summed E-state index contributed by atoms with van der Waals surface area (Å²) in [6, 6.07) is 0. The van der Waals surface area contributed by atoms with Gasteiger partial charge in [-0.2, -0.15) is 0 Å². The summed E-state index contributed by atoms with van der Waals surface area (Å²) in [6.07, 6.45) is 3.28. The Bertz CT molecular complexity index is 290. The molecule has 0 spiro atoms. The molecule has 0 aliphatic carbocycles. The third-order valence-electron chi connectivity index (χ3n) is 3.65. The summed E-state index contributed by atoms with van der Waals surface area (Å²) < 4.78 is 0. The number of piperidine rings is 1. The van der Waals surface area contributed by atoms with E-state index in [9.17, 15) is 9.59 Å². The molecule has 1 rings (SSSR count). The zero-order valence-corrected chi connectivity index (χ0v) is 13.4. The van der Waals surface area contributed by atoms with Gasteiger partial charge in [-0.15, -0.1) is 12.4 Å². The standard InChI is InChI=1S/C14H27N3O2.ClH/c1-3-17(4-2)13(18)8-6-10-16-14(19)12-7-5-9-15-11-12;/h12,15H,3-11H2,1-2H3,(H,16,19);1H. The molecule has 2 N–H and O–H groups in total. The minimum atomic E-state index is 0. The topological polar surface area (TPSA) is 61.4 Å². The lowest BCUT2D eigenvalue weighted by atomic mass is 9.99. The maximum absolute atomic E-state index is 11.8. The molecule has 6 heteroatoms. The van der Waals surface area contributed by atoms with Gasteiger partial charge in [0.05, 0.1) is 5.92 Å². The van der Waals surface area contributed by atoms with Gasteiger partial charge in [0.15, 0.2) is 0 Å². The van der Waals surface area contributed by atoms with Crippen LogP contribution in [0.3, 0.4) is 0 Å². The fourth-order valence-corrected chi connectivity index (χ4v) is 2.41. The van der Waals surface area contributed by atoms with E-state index < -0.39 is 0 Å². The molecule has 0 saturated carbocycles. The third-order valence-corrected chi connectivity index (χ3v) is 3.65. The quantitative estimate of drug-likeness (QED) is 0.694. The number of amides is 2. The number of hydrogen-bond donors (Lipinski definition) is 2. The molecule has 20 heavy (non-hydrogen) atoms. The Balaban J connectivity index is 0.00000361. The van der Waals surface area contributed by atoms with Crippen molar-refractivity contribution in [3.05, 3.63) is 0 Å². The van der Waals surface area contributed by atoms with Crippen molar-refractivity contribution < 1.29 is 9.59 Å². The first-order valence-electron chi connectivity index (χ1n) is 7.45. The van der Waals surface area contributed by atoms with Gasteiger partial charge in [-0.3, -0.25) is 9.59 Å². The predicted octanol–water partition coefficient (Wildman–Crippen LogP) is 1.17. The monoisotopic (exact) mass is 305 g/mol. The van der Waals surface area contributed by atoms with Crippen molar-refractivity contribution in [3.8, 4) is 0 Å². The molecule has 0 radical (unpaired) electrons. The molecule has 1 atom stereocenters. The molecule has 1 heterocycles. The summed E-state index contributed by atoms with van der Waals surface area (Å²) in [4.78, 5) is 25.4. The molecular formula is C14H28ClN3O2. The van der Waals surface area contributed by atoms with Gasteiger partial charge in [0.1, 0.15) is 0 Å². The van der Waals surface area contributed by atoms with Gasteiger partial charge < -0.3 is 15.5 Å². The van der Waals surface area contributed by atoms with Crippen molar-refractivity contribution >= 4 is 24.2 Å². The van der Waals surface area contributed by atoms with Crippen molar-refractivity contribution in [2.24, 2.45) is 5.92 Å². The van der Waals surface area contributed by atoms with Crippen LogP contribution in [0, 0.1) is 5.92 Å². The maximum atomic E-state index is 11.8. The van der Waals surface area contributed by atoms with Crippen molar-refractivity contribution in [1.82, 2.24) is 15.5 Å². The molecule has 0 bridgehead atoms. The van der Waals surface area contributed by atoms with Crippen molar-refractivity contribution in [3.63, 3.8) is 0 Å². The lowest BCUT2D eigenvalue weighted by Crippen LogP contribution is -2.41. The average Bonchev–Trinajstić information content (AvgIpc) is 2.45. The third kappa shape index (κ3) is 6.57. The van der Waals surface area contributed by atoms with Crippen molar-refractivity contribution in [1.29, 1.82) is 0 Å². The summed E-state index contributed by atoms with van der Waals surface area (Å²) in [7, 11) is 0. The second-order valence-electron chi connectivity index (χ2n) is 5.00. The van der Waals surface area contributed by atoms with Crippen LogP contribution in [0.2, 0.25) is 0 Å². The highest BCUT2D eigenvalue weighted by Gasteiger charge is 2.20. The van der Waals surface area contributed by atoms with E-state index in [1.807, 2.05) is 18.7 Å². The van der Waals surface area contributed by atoms with Gasteiger partial charge in [0.25, 0.3) is 0 Å². The number of carbonyl (C=O) groups excluding carboxylic acids is 2. The highest BCUT2D eigenvalue weighted by atomic mass is 35.5. The number of nitrogens with one attached hydrogen (secondary N) is 2. The van der Waals surface area contributed by atoms with E-state index in [1.165, 1.54) is 0 Å². The first-order valence-corrected chi connectivity index (χ1v) is 7.45. The average molecular weight is 306 g/mol. The number of carbonyl (C=O) groups is 2. The first kappa shape index (κ1) is 19.2. The molecule has 0 aromatic heterocycles. The highest BCUT2D eigenvalue weighted by Crippen LogP contribution is 2.09. The fourth-order valence-electron chi connectivity index (χ4n) is 2.41. The fraction of sp³-hybridized carbons (Fsp3) is 0.857. The molecule has 1 aliphatic rings. The first-order chi connectivity index (χ1) is 9.19. The van der Waals surface area contributed by atoms with E-state index in [2.05, 4.69) is 10.6 Å². The zero-order valence-electron chi connectivity index (χ0n) is 12.6. The van der Waals surface area contributed by atoms with E-state index in [1.54, 1.807) is 0 Å². The van der Waals surface area contributed by atoms with Crippen LogP contribution in [-0.4, -0.2) is 49.4 Å². The zero-order chi connectivity index (χ0) is 14.1. The molecule has 0 aromatic carbocycles. The SMILES string of the molecule is CCN(CC)C(=O)CCCNC(=O)C1CCCNC1.Cl. The number of nitrogens with zero attached hydrogens (tertiary/aromatic N) is 1. The molecular weight excluding hydrogens is 278 g/mol. The minimum absolute atomic E-state index is 0. The minimum Gasteiger partial charge on any atom is -0.356 e. The normalized spacial score (nSPS) is 18.0. The van der Waals surface area contributed by atoms with Crippen LogP contribution in [0.5, 0.6) is 0 Å². The summed E-state index contributed by atoms with van der Waals surface area (Å²) in [6.45, 7) is 7.89. The Morgan fingerprint density at radius 3 is 2.55 bits per heavy atom. The van der Waals surface area contributed by atoms with Gasteiger partial charge >= 0.3 is 0 Å². The lowest BCUT2D eigenvalue weighted by Gasteiger charge is -2.22. The van der Waals surface area contributed by atoms with Crippen LogP contribution in [0.1, 0.15) is 39.5 Å². The van der Waals surface area contributed by atoms with Gasteiger partial charge in [-0.05, 0) is 39.7 Å². The lowest BCUT2D eigenvalue weighted by molar-refractivity contribution is -0.131. The largest absolute Gasteiger partial charge is 0.356 e. The van der Waals surface area contributed by atoms with Crippen LogP contribution in [0.4, 0.5) is 0 Å². The Kier molecular flexibility index (Phi) is 10.5. The van der Waals surface area contributed by atoms with Crippen molar-refractivity contribution in [2.75, 3.05) is 32.7 Å². The Morgan fingerprint density at radius 1 is 1.30 bits per heavy atom. The van der Waals surface area contributed by atoms with E-state index in [-0.39, 0.29) is 30.1 Å². The summed E-state index contributed by atoms with van der Waals surface area (Å²) in [5.74, 6) is 0.410. The summed E-state index contributed by atoms with van der Waals surface area (Å²) in [5, 5.41) is 6.17. The van der Waals surface area contributed by atoms with Crippen LogP contribution in [0.15, 0.2) is 0 Å². The van der Waals surface area contributed by atoms with Gasteiger partial charge in [0, 0.05) is 32.6 Å². The Morgan fingerprint density at radius 2 is 2.00 bits per heavy atom. The number of rotatable bonds is 7. The van der Waals surface area contributed by atoms with Crippen molar-refractivity contribution in [2.45, 2.75) is 39.5 Å². The van der Waals surface area contributed by atoms with Crippen LogP contribution in [0.25, 0.3) is 0 Å². The molecule has 1 unspecified atom stereocenters. The second kappa shape index (κ2) is 10.9.